The Labute approximate surface area is 187 Å². The second-order valence-electron chi connectivity index (χ2n) is 6.93. The Hall–Kier alpha value is -4.32. The summed E-state index contributed by atoms with van der Waals surface area (Å²) in [6, 6.07) is 13.3. The van der Waals surface area contributed by atoms with Crippen LogP contribution in [0.1, 0.15) is 16.1 Å². The number of amides is 1. The van der Waals surface area contributed by atoms with Crippen molar-refractivity contribution in [2.75, 3.05) is 10.0 Å². The first-order chi connectivity index (χ1) is 15.7. The molecular weight excluding hydrogens is 451 g/mol. The molecular formula is C21H17FN6O4S. The maximum absolute atomic E-state index is 13.0. The van der Waals surface area contributed by atoms with Gasteiger partial charge >= 0.3 is 0 Å². The van der Waals surface area contributed by atoms with Crippen molar-refractivity contribution in [3.63, 3.8) is 0 Å². The van der Waals surface area contributed by atoms with E-state index in [0.29, 0.717) is 22.8 Å². The van der Waals surface area contributed by atoms with E-state index in [1.165, 1.54) is 47.3 Å². The first-order valence-electron chi connectivity index (χ1n) is 9.53. The molecule has 0 saturated heterocycles. The van der Waals surface area contributed by atoms with Crippen LogP contribution in [0.5, 0.6) is 0 Å². The number of hydrogen-bond donors (Lipinski definition) is 3. The second kappa shape index (κ2) is 8.67. The molecule has 0 radical (unpaired) electrons. The summed E-state index contributed by atoms with van der Waals surface area (Å²) >= 11 is 0. The standard InChI is InChI=1S/C21H17FN6O4S/c1-13-18(12-23-28(13)19-10-11-20(29)26-25-19)21(30)24-15-4-6-16(7-5-15)27-33(31,32)17-8-2-14(22)3-9-17/h2-12,27H,1H3,(H,24,30)(H,26,29). The van der Waals surface area contributed by atoms with Crippen LogP contribution in [0.2, 0.25) is 0 Å². The van der Waals surface area contributed by atoms with Crippen molar-refractivity contribution < 1.29 is 17.6 Å². The van der Waals surface area contributed by atoms with Gasteiger partial charge in [-0.25, -0.2) is 22.6 Å². The highest BCUT2D eigenvalue weighted by atomic mass is 32.2. The van der Waals surface area contributed by atoms with E-state index in [9.17, 15) is 22.4 Å². The van der Waals surface area contributed by atoms with Crippen molar-refractivity contribution >= 4 is 27.3 Å². The summed E-state index contributed by atoms with van der Waals surface area (Å²) in [5, 5.41) is 13.0. The molecule has 0 aliphatic carbocycles. The first kappa shape index (κ1) is 21.9. The maximum Gasteiger partial charge on any atom is 0.264 e. The highest BCUT2D eigenvalue weighted by Crippen LogP contribution is 2.20. The Kier molecular flexibility index (Phi) is 5.75. The Morgan fingerprint density at radius 3 is 2.30 bits per heavy atom. The molecule has 1 amide bonds. The summed E-state index contributed by atoms with van der Waals surface area (Å²) in [5.41, 5.74) is 1.15. The first-order valence-corrected chi connectivity index (χ1v) is 11.0. The molecule has 4 rings (SSSR count). The predicted molar refractivity (Wildman–Crippen MR) is 118 cm³/mol. The molecule has 2 heterocycles. The second-order valence-corrected chi connectivity index (χ2v) is 8.61. The van der Waals surface area contributed by atoms with Gasteiger partial charge in [-0.05, 0) is 61.5 Å². The fraction of sp³-hybridized carbons (Fsp3) is 0.0476. The largest absolute Gasteiger partial charge is 0.322 e. The van der Waals surface area contributed by atoms with Gasteiger partial charge in [0.15, 0.2) is 5.82 Å². The molecule has 33 heavy (non-hydrogen) atoms. The maximum atomic E-state index is 13.0. The van der Waals surface area contributed by atoms with E-state index < -0.39 is 21.7 Å². The topological polar surface area (TPSA) is 139 Å². The van der Waals surface area contributed by atoms with Crippen molar-refractivity contribution in [1.29, 1.82) is 0 Å². The monoisotopic (exact) mass is 468 g/mol. The zero-order valence-electron chi connectivity index (χ0n) is 17.1. The van der Waals surface area contributed by atoms with E-state index in [2.05, 4.69) is 25.3 Å². The molecule has 168 valence electrons. The summed E-state index contributed by atoms with van der Waals surface area (Å²) in [5.74, 6) is -0.614. The number of hydrogen-bond acceptors (Lipinski definition) is 6. The number of aromatic amines is 1. The number of carbonyl (C=O) groups excluding carboxylic acids is 1. The van der Waals surface area contributed by atoms with Crippen LogP contribution in [0.15, 0.2) is 76.6 Å². The lowest BCUT2D eigenvalue weighted by Gasteiger charge is -2.10. The zero-order chi connectivity index (χ0) is 23.6. The van der Waals surface area contributed by atoms with Crippen LogP contribution in [0.4, 0.5) is 15.8 Å². The van der Waals surface area contributed by atoms with E-state index in [0.717, 1.165) is 24.3 Å². The quantitative estimate of drug-likeness (QED) is 0.397. The molecule has 2 aromatic heterocycles. The van der Waals surface area contributed by atoms with Crippen molar-refractivity contribution in [2.24, 2.45) is 0 Å². The average molecular weight is 468 g/mol. The van der Waals surface area contributed by atoms with E-state index in [1.54, 1.807) is 6.92 Å². The number of nitrogens with zero attached hydrogens (tertiary/aromatic N) is 3. The summed E-state index contributed by atoms with van der Waals surface area (Å²) in [6.07, 6.45) is 1.38. The van der Waals surface area contributed by atoms with E-state index >= 15 is 0 Å². The smallest absolute Gasteiger partial charge is 0.264 e. The normalized spacial score (nSPS) is 11.2. The molecule has 12 heteroatoms. The van der Waals surface area contributed by atoms with Crippen molar-refractivity contribution in [1.82, 2.24) is 20.0 Å². The molecule has 0 unspecified atom stereocenters. The number of sulfonamides is 1. The van der Waals surface area contributed by atoms with Crippen LogP contribution in [-0.4, -0.2) is 34.3 Å². The third-order valence-corrected chi connectivity index (χ3v) is 6.05. The van der Waals surface area contributed by atoms with E-state index in [1.807, 2.05) is 0 Å². The lowest BCUT2D eigenvalue weighted by Crippen LogP contribution is -2.15. The Morgan fingerprint density at radius 1 is 1.00 bits per heavy atom. The fourth-order valence-corrected chi connectivity index (χ4v) is 4.03. The minimum Gasteiger partial charge on any atom is -0.322 e. The van der Waals surface area contributed by atoms with Gasteiger partial charge in [0.25, 0.3) is 21.5 Å². The highest BCUT2D eigenvalue weighted by molar-refractivity contribution is 7.92. The molecule has 0 fully saturated rings. The van der Waals surface area contributed by atoms with Gasteiger partial charge in [0, 0.05) is 17.4 Å². The number of H-pyrrole nitrogens is 1. The van der Waals surface area contributed by atoms with Crippen molar-refractivity contribution in [2.45, 2.75) is 11.8 Å². The van der Waals surface area contributed by atoms with Gasteiger partial charge in [-0.2, -0.15) is 10.2 Å². The number of carbonyl (C=O) groups is 1. The molecule has 0 bridgehead atoms. The molecule has 10 nitrogen and oxygen atoms in total. The molecule has 3 N–H and O–H groups in total. The Bertz CT molecular complexity index is 1460. The van der Waals surface area contributed by atoms with Crippen LogP contribution in [0.25, 0.3) is 5.82 Å². The third-order valence-electron chi connectivity index (χ3n) is 4.65. The molecule has 2 aromatic carbocycles. The lowest BCUT2D eigenvalue weighted by molar-refractivity contribution is 0.102. The Morgan fingerprint density at radius 2 is 1.67 bits per heavy atom. The van der Waals surface area contributed by atoms with E-state index in [4.69, 9.17) is 0 Å². The summed E-state index contributed by atoms with van der Waals surface area (Å²) in [4.78, 5) is 23.8. The van der Waals surface area contributed by atoms with E-state index in [-0.39, 0.29) is 16.1 Å². The van der Waals surface area contributed by atoms with Crippen LogP contribution < -0.4 is 15.6 Å². The summed E-state index contributed by atoms with van der Waals surface area (Å²) in [6.45, 7) is 1.68. The fourth-order valence-electron chi connectivity index (χ4n) is 2.97. The number of nitrogens with one attached hydrogen (secondary N) is 3. The van der Waals surface area contributed by atoms with Gasteiger partial charge in [-0.3, -0.25) is 14.3 Å². The number of aromatic nitrogens is 4. The van der Waals surface area contributed by atoms with Gasteiger partial charge < -0.3 is 5.32 Å². The van der Waals surface area contributed by atoms with Gasteiger partial charge in [0.05, 0.1) is 22.3 Å². The highest BCUT2D eigenvalue weighted by Gasteiger charge is 2.17. The summed E-state index contributed by atoms with van der Waals surface area (Å²) < 4.78 is 41.6. The molecule has 0 aliphatic heterocycles. The van der Waals surface area contributed by atoms with Crippen LogP contribution in [0, 0.1) is 12.7 Å². The van der Waals surface area contributed by atoms with Crippen molar-refractivity contribution in [3.8, 4) is 5.82 Å². The molecule has 0 saturated carbocycles. The molecule has 4 aromatic rings. The average Bonchev–Trinajstić information content (AvgIpc) is 3.17. The van der Waals surface area contributed by atoms with Gasteiger partial charge in [-0.1, -0.05) is 0 Å². The van der Waals surface area contributed by atoms with Crippen LogP contribution >= 0.6 is 0 Å². The third kappa shape index (κ3) is 4.80. The number of rotatable bonds is 6. The zero-order valence-corrected chi connectivity index (χ0v) is 17.9. The van der Waals surface area contributed by atoms with Gasteiger partial charge in [0.1, 0.15) is 5.82 Å². The number of halogens is 1. The number of anilines is 2. The van der Waals surface area contributed by atoms with Crippen LogP contribution in [-0.2, 0) is 10.0 Å². The molecule has 0 spiro atoms. The van der Waals surface area contributed by atoms with Crippen molar-refractivity contribution in [3.05, 3.63) is 94.3 Å². The van der Waals surface area contributed by atoms with Gasteiger partial charge in [0.2, 0.25) is 0 Å². The SMILES string of the molecule is Cc1c(C(=O)Nc2ccc(NS(=O)(=O)c3ccc(F)cc3)cc2)cnn1-c1ccc(=O)[nH]n1. The minimum atomic E-state index is -3.88. The Balaban J connectivity index is 1.46. The predicted octanol–water partition coefficient (Wildman–Crippen LogP) is 2.46. The molecule has 0 atom stereocenters. The van der Waals surface area contributed by atoms with Gasteiger partial charge in [-0.15, -0.1) is 0 Å². The number of benzene rings is 2. The lowest BCUT2D eigenvalue weighted by atomic mass is 10.2. The van der Waals surface area contributed by atoms with Crippen LogP contribution in [0.3, 0.4) is 0 Å². The minimum absolute atomic E-state index is 0.0780. The summed E-state index contributed by atoms with van der Waals surface area (Å²) in [7, 11) is -3.88. The molecule has 0 aliphatic rings.